The minimum absolute atomic E-state index is 0.0162. The molecule has 0 unspecified atom stereocenters. The van der Waals surface area contributed by atoms with Crippen molar-refractivity contribution in [3.05, 3.63) is 108 Å². The van der Waals surface area contributed by atoms with E-state index in [-0.39, 0.29) is 17.9 Å². The van der Waals surface area contributed by atoms with Crippen LogP contribution in [0.2, 0.25) is 0 Å². The van der Waals surface area contributed by atoms with Gasteiger partial charge in [-0.1, -0.05) is 105 Å². The molecule has 3 aromatic rings. The maximum atomic E-state index is 13.6. The molecule has 1 amide bonds. The number of amides is 1. The van der Waals surface area contributed by atoms with Gasteiger partial charge in [-0.05, 0) is 29.5 Å². The number of nitrogens with one attached hydrogen (secondary N) is 1. The van der Waals surface area contributed by atoms with E-state index in [1.54, 1.807) is 0 Å². The van der Waals surface area contributed by atoms with E-state index >= 15 is 0 Å². The van der Waals surface area contributed by atoms with Gasteiger partial charge < -0.3 is 5.32 Å². The van der Waals surface area contributed by atoms with E-state index in [0.717, 1.165) is 16.7 Å². The monoisotopic (exact) mass is 357 g/mol. The third-order valence-corrected chi connectivity index (χ3v) is 5.27. The summed E-state index contributed by atoms with van der Waals surface area (Å²) in [5, 5.41) is 3.33. The van der Waals surface area contributed by atoms with Crippen LogP contribution in [0, 0.1) is 5.92 Å². The zero-order valence-electron chi connectivity index (χ0n) is 16.2. The lowest BCUT2D eigenvalue weighted by atomic mass is 9.75. The van der Waals surface area contributed by atoms with E-state index in [4.69, 9.17) is 0 Å². The Morgan fingerprint density at radius 2 is 1.15 bits per heavy atom. The third kappa shape index (κ3) is 3.95. The van der Waals surface area contributed by atoms with Crippen LogP contribution in [0.25, 0.3) is 0 Å². The zero-order chi connectivity index (χ0) is 19.3. The molecule has 0 aliphatic heterocycles. The van der Waals surface area contributed by atoms with Crippen molar-refractivity contribution in [1.82, 2.24) is 5.32 Å². The predicted octanol–water partition coefficient (Wildman–Crippen LogP) is 5.51. The Morgan fingerprint density at radius 1 is 0.741 bits per heavy atom. The van der Waals surface area contributed by atoms with Crippen molar-refractivity contribution >= 4 is 5.91 Å². The molecular weight excluding hydrogens is 330 g/mol. The normalized spacial score (nSPS) is 12.6. The Morgan fingerprint density at radius 3 is 1.56 bits per heavy atom. The number of hydrogen-bond acceptors (Lipinski definition) is 1. The predicted molar refractivity (Wildman–Crippen MR) is 112 cm³/mol. The van der Waals surface area contributed by atoms with Crippen LogP contribution in [0.4, 0.5) is 0 Å². The van der Waals surface area contributed by atoms with Gasteiger partial charge in [0.2, 0.25) is 5.91 Å². The first-order valence-corrected chi connectivity index (χ1v) is 9.50. The second-order valence-corrected chi connectivity index (χ2v) is 7.46. The van der Waals surface area contributed by atoms with Gasteiger partial charge in [-0.3, -0.25) is 4.79 Å². The topological polar surface area (TPSA) is 29.1 Å². The summed E-state index contributed by atoms with van der Waals surface area (Å²) in [6.45, 7) is 6.29. The molecule has 3 aromatic carbocycles. The van der Waals surface area contributed by atoms with Crippen molar-refractivity contribution in [1.29, 1.82) is 0 Å². The molecular formula is C25H27NO. The summed E-state index contributed by atoms with van der Waals surface area (Å²) in [6, 6.07) is 30.2. The summed E-state index contributed by atoms with van der Waals surface area (Å²) in [6.07, 6.45) is 0. The van der Waals surface area contributed by atoms with Crippen LogP contribution in [0.5, 0.6) is 0 Å². The lowest BCUT2D eigenvalue weighted by molar-refractivity contribution is -0.126. The highest BCUT2D eigenvalue weighted by Gasteiger charge is 2.38. The van der Waals surface area contributed by atoms with Gasteiger partial charge >= 0.3 is 0 Å². The Bertz CT molecular complexity index is 817. The fourth-order valence-electron chi connectivity index (χ4n) is 3.55. The van der Waals surface area contributed by atoms with Crippen molar-refractivity contribution in [3.8, 4) is 0 Å². The molecule has 0 saturated heterocycles. The first kappa shape index (κ1) is 18.9. The van der Waals surface area contributed by atoms with Crippen LogP contribution in [0.1, 0.15) is 43.5 Å². The molecule has 2 heteroatoms. The number of carbonyl (C=O) groups is 1. The summed E-state index contributed by atoms with van der Waals surface area (Å²) in [4.78, 5) is 13.6. The van der Waals surface area contributed by atoms with Crippen molar-refractivity contribution in [2.24, 2.45) is 5.92 Å². The summed E-state index contributed by atoms with van der Waals surface area (Å²) in [5.74, 6) is 0.301. The van der Waals surface area contributed by atoms with Crippen molar-refractivity contribution in [2.45, 2.75) is 32.2 Å². The summed E-state index contributed by atoms with van der Waals surface area (Å²) < 4.78 is 0. The number of benzene rings is 3. The summed E-state index contributed by atoms with van der Waals surface area (Å²) in [5.41, 5.74) is 2.35. The first-order chi connectivity index (χ1) is 13.0. The highest BCUT2D eigenvalue weighted by Crippen LogP contribution is 2.34. The third-order valence-electron chi connectivity index (χ3n) is 5.27. The summed E-state index contributed by atoms with van der Waals surface area (Å²) >= 11 is 0. The summed E-state index contributed by atoms with van der Waals surface area (Å²) in [7, 11) is 0. The van der Waals surface area contributed by atoms with Crippen LogP contribution in [0.3, 0.4) is 0 Å². The average molecular weight is 357 g/mol. The molecule has 0 saturated carbocycles. The van der Waals surface area contributed by atoms with Crippen molar-refractivity contribution < 1.29 is 4.79 Å². The Hall–Kier alpha value is -2.87. The maximum absolute atomic E-state index is 13.6. The number of carbonyl (C=O) groups excluding carboxylic acids is 1. The molecule has 27 heavy (non-hydrogen) atoms. The minimum atomic E-state index is -0.759. The van der Waals surface area contributed by atoms with Gasteiger partial charge in [0.05, 0.1) is 11.5 Å². The largest absolute Gasteiger partial charge is 0.348 e. The highest BCUT2D eigenvalue weighted by molar-refractivity contribution is 5.92. The van der Waals surface area contributed by atoms with E-state index in [0.29, 0.717) is 0 Å². The van der Waals surface area contributed by atoms with E-state index in [9.17, 15) is 4.79 Å². The molecule has 0 spiro atoms. The smallest absolute Gasteiger partial charge is 0.235 e. The average Bonchev–Trinajstić information content (AvgIpc) is 2.73. The van der Waals surface area contributed by atoms with Gasteiger partial charge in [-0.2, -0.15) is 0 Å². The minimum Gasteiger partial charge on any atom is -0.348 e. The van der Waals surface area contributed by atoms with Crippen LogP contribution in [-0.2, 0) is 10.2 Å². The molecule has 0 fully saturated rings. The lowest BCUT2D eigenvalue weighted by Gasteiger charge is -2.33. The van der Waals surface area contributed by atoms with Gasteiger partial charge in [0.15, 0.2) is 0 Å². The molecule has 0 aliphatic rings. The van der Waals surface area contributed by atoms with E-state index in [2.05, 4.69) is 31.3 Å². The molecule has 1 atom stereocenters. The fourth-order valence-corrected chi connectivity index (χ4v) is 3.55. The number of hydrogen-bond donors (Lipinski definition) is 1. The molecule has 0 aliphatic carbocycles. The molecule has 0 bridgehead atoms. The van der Waals surface area contributed by atoms with E-state index in [1.165, 1.54) is 0 Å². The molecule has 2 nitrogen and oxygen atoms in total. The Balaban J connectivity index is 2.01. The molecule has 0 radical (unpaired) electrons. The molecule has 1 N–H and O–H groups in total. The molecule has 0 heterocycles. The van der Waals surface area contributed by atoms with Gasteiger partial charge in [-0.25, -0.2) is 0 Å². The molecule has 138 valence electrons. The van der Waals surface area contributed by atoms with Gasteiger partial charge in [0, 0.05) is 0 Å². The fraction of sp³-hybridized carbons (Fsp3) is 0.240. The quantitative estimate of drug-likeness (QED) is 0.619. The van der Waals surface area contributed by atoms with Gasteiger partial charge in [0.1, 0.15) is 0 Å². The number of rotatable bonds is 6. The van der Waals surface area contributed by atoms with Crippen LogP contribution >= 0.6 is 0 Å². The highest BCUT2D eigenvalue weighted by atomic mass is 16.2. The van der Waals surface area contributed by atoms with Crippen LogP contribution in [-0.4, -0.2) is 5.91 Å². The van der Waals surface area contributed by atoms with Crippen LogP contribution < -0.4 is 5.32 Å². The Kier molecular flexibility index (Phi) is 5.75. The molecule has 0 aromatic heterocycles. The van der Waals surface area contributed by atoms with Crippen molar-refractivity contribution in [2.75, 3.05) is 0 Å². The zero-order valence-corrected chi connectivity index (χ0v) is 16.2. The Labute approximate surface area is 162 Å². The second-order valence-electron chi connectivity index (χ2n) is 7.46. The van der Waals surface area contributed by atoms with E-state index in [1.807, 2.05) is 85.8 Å². The lowest BCUT2D eigenvalue weighted by Crippen LogP contribution is -2.45. The van der Waals surface area contributed by atoms with Gasteiger partial charge in [0.25, 0.3) is 0 Å². The maximum Gasteiger partial charge on any atom is 0.235 e. The molecule has 3 rings (SSSR count). The first-order valence-electron chi connectivity index (χ1n) is 9.50. The standard InChI is InChI=1S/C25H27NO/c1-19(2)23(20-13-7-4-8-14-20)26-24(27)25(3,21-15-9-5-10-16-21)22-17-11-6-12-18-22/h4-19,23H,1-3H3,(H,26,27)/t23-/m0/s1. The van der Waals surface area contributed by atoms with Gasteiger partial charge in [-0.15, -0.1) is 0 Å². The van der Waals surface area contributed by atoms with Crippen molar-refractivity contribution in [3.63, 3.8) is 0 Å². The van der Waals surface area contributed by atoms with Crippen LogP contribution in [0.15, 0.2) is 91.0 Å². The SMILES string of the molecule is CC(C)[C@H](NC(=O)C(C)(c1ccccc1)c1ccccc1)c1ccccc1. The second kappa shape index (κ2) is 8.22. The van der Waals surface area contributed by atoms with E-state index < -0.39 is 5.41 Å².